The maximum atomic E-state index is 11.5. The van der Waals surface area contributed by atoms with E-state index >= 15 is 0 Å². The lowest BCUT2D eigenvalue weighted by molar-refractivity contribution is 0.517. The Morgan fingerprint density at radius 2 is 1.83 bits per heavy atom. The van der Waals surface area contributed by atoms with Crippen LogP contribution in [0.5, 0.6) is 0 Å². The molecule has 0 saturated heterocycles. The van der Waals surface area contributed by atoms with Crippen molar-refractivity contribution in [3.63, 3.8) is 0 Å². The van der Waals surface area contributed by atoms with Gasteiger partial charge in [0.05, 0.1) is 5.25 Å². The Bertz CT molecular complexity index is 209. The maximum Gasteiger partial charge on any atom is 0.154 e. The van der Waals surface area contributed by atoms with Crippen molar-refractivity contribution in [1.82, 2.24) is 5.32 Å². The third kappa shape index (κ3) is 3.11. The number of sulfone groups is 1. The second kappa shape index (κ2) is 4.82. The molecule has 0 aromatic rings. The highest BCUT2D eigenvalue weighted by molar-refractivity contribution is 7.92. The zero-order valence-electron chi connectivity index (χ0n) is 8.29. The van der Waals surface area contributed by atoms with E-state index in [0.29, 0.717) is 6.54 Å². The summed E-state index contributed by atoms with van der Waals surface area (Å²) in [7, 11) is -1.11. The van der Waals surface area contributed by atoms with Crippen LogP contribution in [-0.2, 0) is 9.84 Å². The van der Waals surface area contributed by atoms with E-state index in [9.17, 15) is 8.42 Å². The topological polar surface area (TPSA) is 46.2 Å². The van der Waals surface area contributed by atoms with Crippen molar-refractivity contribution in [2.75, 3.05) is 19.3 Å². The summed E-state index contributed by atoms with van der Waals surface area (Å²) >= 11 is 0. The summed E-state index contributed by atoms with van der Waals surface area (Å²) in [6, 6.07) is 0. The third-order valence-electron chi connectivity index (χ3n) is 2.01. The quantitative estimate of drug-likeness (QED) is 0.698. The highest BCUT2D eigenvalue weighted by Crippen LogP contribution is 2.12. The van der Waals surface area contributed by atoms with E-state index in [-0.39, 0.29) is 16.9 Å². The molecule has 0 bridgehead atoms. The summed E-state index contributed by atoms with van der Waals surface area (Å²) in [6.07, 6.45) is 0. The van der Waals surface area contributed by atoms with Crippen molar-refractivity contribution in [2.24, 2.45) is 5.92 Å². The van der Waals surface area contributed by atoms with E-state index in [1.807, 2.05) is 13.8 Å². The molecule has 0 aliphatic heterocycles. The first-order valence-corrected chi connectivity index (χ1v) is 6.03. The van der Waals surface area contributed by atoms with E-state index in [0.717, 1.165) is 0 Å². The van der Waals surface area contributed by atoms with Gasteiger partial charge in [-0.15, -0.1) is 0 Å². The predicted octanol–water partition coefficient (Wildman–Crippen LogP) is 0.665. The molecule has 1 N–H and O–H groups in total. The van der Waals surface area contributed by atoms with Gasteiger partial charge >= 0.3 is 0 Å². The minimum atomic E-state index is -2.88. The molecule has 1 unspecified atom stereocenters. The van der Waals surface area contributed by atoms with Crippen LogP contribution < -0.4 is 5.32 Å². The second-order valence-electron chi connectivity index (χ2n) is 3.29. The summed E-state index contributed by atoms with van der Waals surface area (Å²) in [5.41, 5.74) is 0. The highest BCUT2D eigenvalue weighted by atomic mass is 32.2. The van der Waals surface area contributed by atoms with Gasteiger partial charge in [-0.25, -0.2) is 8.42 Å². The van der Waals surface area contributed by atoms with Crippen LogP contribution in [0.1, 0.15) is 20.8 Å². The largest absolute Gasteiger partial charge is 0.318 e. The molecule has 0 saturated carbocycles. The Labute approximate surface area is 75.5 Å². The summed E-state index contributed by atoms with van der Waals surface area (Å²) in [4.78, 5) is 0. The molecular weight excluding hydrogens is 174 g/mol. The molecule has 4 heteroatoms. The molecule has 0 aromatic heterocycles. The van der Waals surface area contributed by atoms with E-state index in [2.05, 4.69) is 5.32 Å². The lowest BCUT2D eigenvalue weighted by Crippen LogP contribution is -2.36. The Kier molecular flexibility index (Phi) is 4.78. The SMILES string of the molecule is CCS(=O)(=O)C(CNC)C(C)C. The van der Waals surface area contributed by atoms with Crippen LogP contribution in [0, 0.1) is 5.92 Å². The van der Waals surface area contributed by atoms with Gasteiger partial charge in [0.2, 0.25) is 0 Å². The van der Waals surface area contributed by atoms with Gasteiger partial charge in [-0.3, -0.25) is 0 Å². The zero-order chi connectivity index (χ0) is 9.78. The standard InChI is InChI=1S/C8H19NO2S/c1-5-12(10,11)8(6-9-4)7(2)3/h7-9H,5-6H2,1-4H3. The van der Waals surface area contributed by atoms with E-state index < -0.39 is 9.84 Å². The molecule has 1 atom stereocenters. The number of hydrogen-bond acceptors (Lipinski definition) is 3. The fourth-order valence-corrected chi connectivity index (χ4v) is 2.87. The molecule has 0 aromatic carbocycles. The summed E-state index contributed by atoms with van der Waals surface area (Å²) in [5, 5.41) is 2.67. The number of nitrogens with one attached hydrogen (secondary N) is 1. The van der Waals surface area contributed by atoms with Gasteiger partial charge in [0.25, 0.3) is 0 Å². The Balaban J connectivity index is 4.51. The van der Waals surface area contributed by atoms with Crippen molar-refractivity contribution in [2.45, 2.75) is 26.0 Å². The first kappa shape index (κ1) is 11.9. The first-order chi connectivity index (χ1) is 5.45. The highest BCUT2D eigenvalue weighted by Gasteiger charge is 2.25. The average molecular weight is 193 g/mol. The van der Waals surface area contributed by atoms with Crippen LogP contribution in [0.3, 0.4) is 0 Å². The fraction of sp³-hybridized carbons (Fsp3) is 1.00. The van der Waals surface area contributed by atoms with Crippen LogP contribution in [0.2, 0.25) is 0 Å². The molecule has 74 valence electrons. The Morgan fingerprint density at radius 1 is 1.33 bits per heavy atom. The maximum absolute atomic E-state index is 11.5. The summed E-state index contributed by atoms with van der Waals surface area (Å²) in [5.74, 6) is 0.416. The van der Waals surface area contributed by atoms with Crippen molar-refractivity contribution in [3.05, 3.63) is 0 Å². The summed E-state index contributed by atoms with van der Waals surface area (Å²) < 4.78 is 23.0. The smallest absolute Gasteiger partial charge is 0.154 e. The van der Waals surface area contributed by atoms with Gasteiger partial charge < -0.3 is 5.32 Å². The van der Waals surface area contributed by atoms with Gasteiger partial charge in [-0.2, -0.15) is 0 Å². The van der Waals surface area contributed by atoms with Crippen molar-refractivity contribution >= 4 is 9.84 Å². The lowest BCUT2D eigenvalue weighted by Gasteiger charge is -2.19. The molecule has 0 aliphatic carbocycles. The first-order valence-electron chi connectivity index (χ1n) is 4.31. The lowest BCUT2D eigenvalue weighted by atomic mass is 10.1. The predicted molar refractivity (Wildman–Crippen MR) is 52.0 cm³/mol. The van der Waals surface area contributed by atoms with Gasteiger partial charge in [0.15, 0.2) is 9.84 Å². The number of hydrogen-bond donors (Lipinski definition) is 1. The molecule has 0 aliphatic rings. The minimum absolute atomic E-state index is 0.183. The van der Waals surface area contributed by atoms with Crippen molar-refractivity contribution in [1.29, 1.82) is 0 Å². The van der Waals surface area contributed by atoms with E-state index in [1.54, 1.807) is 14.0 Å². The summed E-state index contributed by atoms with van der Waals surface area (Å²) in [6.45, 7) is 6.12. The molecule has 0 heterocycles. The molecule has 3 nitrogen and oxygen atoms in total. The average Bonchev–Trinajstić information content (AvgIpc) is 1.99. The zero-order valence-corrected chi connectivity index (χ0v) is 9.11. The van der Waals surface area contributed by atoms with Gasteiger partial charge in [-0.1, -0.05) is 20.8 Å². The van der Waals surface area contributed by atoms with Crippen molar-refractivity contribution < 1.29 is 8.42 Å². The van der Waals surface area contributed by atoms with Gasteiger partial charge in [0.1, 0.15) is 0 Å². The van der Waals surface area contributed by atoms with Crippen LogP contribution in [0.4, 0.5) is 0 Å². The van der Waals surface area contributed by atoms with E-state index in [1.165, 1.54) is 0 Å². The Hall–Kier alpha value is -0.0900. The molecule has 0 rings (SSSR count). The molecule has 0 spiro atoms. The minimum Gasteiger partial charge on any atom is -0.318 e. The Morgan fingerprint density at radius 3 is 2.08 bits per heavy atom. The second-order valence-corrected chi connectivity index (χ2v) is 5.80. The third-order valence-corrected chi connectivity index (χ3v) is 4.45. The monoisotopic (exact) mass is 193 g/mol. The van der Waals surface area contributed by atoms with Crippen LogP contribution in [0.15, 0.2) is 0 Å². The van der Waals surface area contributed by atoms with Crippen LogP contribution >= 0.6 is 0 Å². The fourth-order valence-electron chi connectivity index (χ4n) is 1.19. The number of rotatable bonds is 5. The van der Waals surface area contributed by atoms with Crippen LogP contribution in [0.25, 0.3) is 0 Å². The molecule has 0 amide bonds. The van der Waals surface area contributed by atoms with Crippen LogP contribution in [-0.4, -0.2) is 33.0 Å². The van der Waals surface area contributed by atoms with Crippen molar-refractivity contribution in [3.8, 4) is 0 Å². The molecule has 0 fully saturated rings. The molecule has 0 radical (unpaired) electrons. The van der Waals surface area contributed by atoms with Gasteiger partial charge in [-0.05, 0) is 13.0 Å². The molecular formula is C8H19NO2S. The molecule has 12 heavy (non-hydrogen) atoms. The van der Waals surface area contributed by atoms with Gasteiger partial charge in [0, 0.05) is 12.3 Å². The van der Waals surface area contributed by atoms with E-state index in [4.69, 9.17) is 0 Å². The normalized spacial score (nSPS) is 15.1.